The topological polar surface area (TPSA) is 35.6 Å². The number of rotatable bonds is 2. The molecule has 0 spiro atoms. The minimum atomic E-state index is 0.213. The summed E-state index contributed by atoms with van der Waals surface area (Å²) in [6, 6.07) is 0.719. The van der Waals surface area contributed by atoms with Crippen molar-refractivity contribution in [2.45, 2.75) is 38.6 Å². The third-order valence-corrected chi connectivity index (χ3v) is 3.91. The first-order valence-electron chi connectivity index (χ1n) is 6.90. The fourth-order valence-electron chi connectivity index (χ4n) is 2.93. The highest BCUT2D eigenvalue weighted by atomic mass is 16.2. The molecule has 2 atom stereocenters. The molecule has 0 aromatic carbocycles. The number of nitrogens with one attached hydrogen (secondary N) is 1. The van der Waals surface area contributed by atoms with Crippen LogP contribution in [-0.2, 0) is 0 Å². The molecule has 2 rings (SSSR count). The van der Waals surface area contributed by atoms with Crippen molar-refractivity contribution < 1.29 is 4.79 Å². The first kappa shape index (κ1) is 12.7. The lowest BCUT2D eigenvalue weighted by atomic mass is 10.0. The van der Waals surface area contributed by atoms with E-state index < -0.39 is 0 Å². The lowest BCUT2D eigenvalue weighted by Gasteiger charge is -2.34. The molecule has 0 radical (unpaired) electrons. The number of hydrogen-bond donors (Lipinski definition) is 1. The average Bonchev–Trinajstić information content (AvgIpc) is 2.80. The summed E-state index contributed by atoms with van der Waals surface area (Å²) < 4.78 is 0. The summed E-state index contributed by atoms with van der Waals surface area (Å²) in [5.74, 6) is 0.658. The van der Waals surface area contributed by atoms with Crippen molar-refractivity contribution in [3.8, 4) is 0 Å². The standard InChI is InChI=1S/C13H25N3O/c1-11-5-4-8-16(9-11)13(17)15(2)10-12-6-3-7-14-12/h11-12,14H,3-10H2,1-2H3. The van der Waals surface area contributed by atoms with Gasteiger partial charge in [-0.1, -0.05) is 6.92 Å². The smallest absolute Gasteiger partial charge is 0.319 e. The minimum Gasteiger partial charge on any atom is -0.326 e. The van der Waals surface area contributed by atoms with Crippen LogP contribution in [0, 0.1) is 5.92 Å². The van der Waals surface area contributed by atoms with Crippen molar-refractivity contribution in [1.29, 1.82) is 0 Å². The van der Waals surface area contributed by atoms with Gasteiger partial charge in [0.15, 0.2) is 0 Å². The van der Waals surface area contributed by atoms with Crippen molar-refractivity contribution in [1.82, 2.24) is 15.1 Å². The molecule has 4 nitrogen and oxygen atoms in total. The molecule has 0 aromatic heterocycles. The van der Waals surface area contributed by atoms with Gasteiger partial charge in [0.05, 0.1) is 0 Å². The number of carbonyl (C=O) groups is 1. The monoisotopic (exact) mass is 239 g/mol. The number of likely N-dealkylation sites (N-methyl/N-ethyl adjacent to an activating group) is 1. The highest BCUT2D eigenvalue weighted by Gasteiger charge is 2.25. The molecule has 2 saturated heterocycles. The van der Waals surface area contributed by atoms with Crippen LogP contribution in [0.1, 0.15) is 32.6 Å². The molecule has 0 bridgehead atoms. The Morgan fingerprint density at radius 3 is 2.88 bits per heavy atom. The van der Waals surface area contributed by atoms with Crippen LogP contribution in [-0.4, -0.2) is 55.1 Å². The SMILES string of the molecule is CC1CCCN(C(=O)N(C)CC2CCCN2)C1. The van der Waals surface area contributed by atoms with Crippen LogP contribution >= 0.6 is 0 Å². The molecule has 2 aliphatic rings. The van der Waals surface area contributed by atoms with E-state index in [-0.39, 0.29) is 6.03 Å². The molecule has 0 saturated carbocycles. The Morgan fingerprint density at radius 1 is 1.41 bits per heavy atom. The molecule has 2 aliphatic heterocycles. The number of urea groups is 1. The predicted octanol–water partition coefficient (Wildman–Crippen LogP) is 1.52. The number of carbonyl (C=O) groups excluding carboxylic acids is 1. The van der Waals surface area contributed by atoms with Gasteiger partial charge in [0.1, 0.15) is 0 Å². The maximum atomic E-state index is 12.3. The maximum absolute atomic E-state index is 12.3. The van der Waals surface area contributed by atoms with E-state index in [2.05, 4.69) is 12.2 Å². The summed E-state index contributed by atoms with van der Waals surface area (Å²) in [5.41, 5.74) is 0. The zero-order valence-electron chi connectivity index (χ0n) is 11.1. The molecule has 2 heterocycles. The van der Waals surface area contributed by atoms with E-state index in [0.29, 0.717) is 12.0 Å². The van der Waals surface area contributed by atoms with Crippen LogP contribution in [0.3, 0.4) is 0 Å². The van der Waals surface area contributed by atoms with E-state index in [9.17, 15) is 4.79 Å². The van der Waals surface area contributed by atoms with Crippen LogP contribution in [0.25, 0.3) is 0 Å². The van der Waals surface area contributed by atoms with Gasteiger partial charge >= 0.3 is 6.03 Å². The van der Waals surface area contributed by atoms with E-state index in [1.165, 1.54) is 19.3 Å². The highest BCUT2D eigenvalue weighted by Crippen LogP contribution is 2.17. The summed E-state index contributed by atoms with van der Waals surface area (Å²) in [6.07, 6.45) is 4.86. The van der Waals surface area contributed by atoms with Gasteiger partial charge in [0.25, 0.3) is 0 Å². The summed E-state index contributed by atoms with van der Waals surface area (Å²) in [7, 11) is 1.93. The summed E-state index contributed by atoms with van der Waals surface area (Å²) >= 11 is 0. The van der Waals surface area contributed by atoms with Gasteiger partial charge in [-0.15, -0.1) is 0 Å². The second kappa shape index (κ2) is 5.71. The van der Waals surface area contributed by atoms with Crippen LogP contribution in [0.4, 0.5) is 4.79 Å². The quantitative estimate of drug-likeness (QED) is 0.793. The number of amides is 2. The molecule has 0 aliphatic carbocycles. The van der Waals surface area contributed by atoms with E-state index >= 15 is 0 Å². The van der Waals surface area contributed by atoms with Crippen LogP contribution < -0.4 is 5.32 Å². The van der Waals surface area contributed by atoms with E-state index in [1.54, 1.807) is 0 Å². The molecule has 2 unspecified atom stereocenters. The second-order valence-electron chi connectivity index (χ2n) is 5.65. The lowest BCUT2D eigenvalue weighted by molar-refractivity contribution is 0.137. The molecule has 17 heavy (non-hydrogen) atoms. The predicted molar refractivity (Wildman–Crippen MR) is 69.0 cm³/mol. The second-order valence-corrected chi connectivity index (χ2v) is 5.65. The molecule has 1 N–H and O–H groups in total. The Balaban J connectivity index is 1.81. The normalized spacial score (nSPS) is 29.4. The molecule has 4 heteroatoms. The van der Waals surface area contributed by atoms with Gasteiger partial charge in [-0.05, 0) is 38.1 Å². The fraction of sp³-hybridized carbons (Fsp3) is 0.923. The largest absolute Gasteiger partial charge is 0.326 e. The van der Waals surface area contributed by atoms with Crippen LogP contribution in [0.5, 0.6) is 0 Å². The summed E-state index contributed by atoms with van der Waals surface area (Å²) in [6.45, 7) is 6.06. The lowest BCUT2D eigenvalue weighted by Crippen LogP contribution is -2.48. The van der Waals surface area contributed by atoms with E-state index in [1.807, 2.05) is 16.8 Å². The number of likely N-dealkylation sites (tertiary alicyclic amines) is 1. The zero-order valence-corrected chi connectivity index (χ0v) is 11.1. The molecule has 98 valence electrons. The van der Waals surface area contributed by atoms with Crippen LogP contribution in [0.15, 0.2) is 0 Å². The zero-order chi connectivity index (χ0) is 12.3. The fourth-order valence-corrected chi connectivity index (χ4v) is 2.93. The van der Waals surface area contributed by atoms with Crippen molar-refractivity contribution in [2.75, 3.05) is 33.2 Å². The summed E-state index contributed by atoms with van der Waals surface area (Å²) in [5, 5.41) is 3.44. The Hall–Kier alpha value is -0.770. The van der Waals surface area contributed by atoms with E-state index in [4.69, 9.17) is 0 Å². The number of hydrogen-bond acceptors (Lipinski definition) is 2. The third-order valence-electron chi connectivity index (χ3n) is 3.91. The average molecular weight is 239 g/mol. The van der Waals surface area contributed by atoms with Crippen molar-refractivity contribution in [3.63, 3.8) is 0 Å². The van der Waals surface area contributed by atoms with Gasteiger partial charge in [-0.3, -0.25) is 0 Å². The van der Waals surface area contributed by atoms with Gasteiger partial charge in [0, 0.05) is 32.7 Å². The van der Waals surface area contributed by atoms with Gasteiger partial charge < -0.3 is 15.1 Å². The Morgan fingerprint density at radius 2 is 2.24 bits per heavy atom. The Labute approximate surface area is 104 Å². The van der Waals surface area contributed by atoms with Crippen LogP contribution in [0.2, 0.25) is 0 Å². The van der Waals surface area contributed by atoms with E-state index in [0.717, 1.165) is 32.6 Å². The number of piperidine rings is 1. The highest BCUT2D eigenvalue weighted by molar-refractivity contribution is 5.74. The molecule has 0 aromatic rings. The maximum Gasteiger partial charge on any atom is 0.319 e. The summed E-state index contributed by atoms with van der Waals surface area (Å²) in [4.78, 5) is 16.2. The molecular weight excluding hydrogens is 214 g/mol. The van der Waals surface area contributed by atoms with Gasteiger partial charge in [0.2, 0.25) is 0 Å². The van der Waals surface area contributed by atoms with Gasteiger partial charge in [-0.2, -0.15) is 0 Å². The van der Waals surface area contributed by atoms with Crippen molar-refractivity contribution >= 4 is 6.03 Å². The van der Waals surface area contributed by atoms with Crippen molar-refractivity contribution in [2.24, 2.45) is 5.92 Å². The number of nitrogens with zero attached hydrogens (tertiary/aromatic N) is 2. The Kier molecular flexibility index (Phi) is 4.26. The minimum absolute atomic E-state index is 0.213. The first-order valence-corrected chi connectivity index (χ1v) is 6.90. The molecule has 2 fully saturated rings. The molecule has 2 amide bonds. The Bertz CT molecular complexity index is 263. The van der Waals surface area contributed by atoms with Gasteiger partial charge in [-0.25, -0.2) is 4.79 Å². The van der Waals surface area contributed by atoms with Crippen molar-refractivity contribution in [3.05, 3.63) is 0 Å². The first-order chi connectivity index (χ1) is 8.16. The third kappa shape index (κ3) is 3.35. The molecular formula is C13H25N3O.